The van der Waals surface area contributed by atoms with E-state index < -0.39 is 79.7 Å². The highest BCUT2D eigenvalue weighted by Crippen LogP contribution is 2.54. The molecular weight excluding hydrogens is 707 g/mol. The second kappa shape index (κ2) is 11.7. The molecule has 0 aliphatic carbocycles. The Morgan fingerprint density at radius 3 is 2.02 bits per heavy atom. The van der Waals surface area contributed by atoms with E-state index in [4.69, 9.17) is 6.57 Å². The van der Waals surface area contributed by atoms with Crippen LogP contribution in [-0.2, 0) is 5.67 Å². The van der Waals surface area contributed by atoms with Gasteiger partial charge in [-0.3, -0.25) is 14.4 Å². The highest BCUT2D eigenvalue weighted by molar-refractivity contribution is 9.11. The molecule has 216 valence electrons. The summed E-state index contributed by atoms with van der Waals surface area (Å²) in [4.78, 5) is 32.7. The van der Waals surface area contributed by atoms with Crippen LogP contribution in [0.4, 0.5) is 50.9 Å². The van der Waals surface area contributed by atoms with Crippen molar-refractivity contribution in [3.05, 3.63) is 97.5 Å². The topological polar surface area (TPSA) is 66.7 Å². The van der Waals surface area contributed by atoms with Gasteiger partial charge in [0.1, 0.15) is 0 Å². The number of benzene rings is 2. The first-order valence-electron chi connectivity index (χ1n) is 10.6. The molecule has 0 unspecified atom stereocenters. The smallest absolute Gasteiger partial charge is 0.320 e. The lowest BCUT2D eigenvalue weighted by molar-refractivity contribution is -0.348. The van der Waals surface area contributed by atoms with Crippen molar-refractivity contribution in [1.29, 1.82) is 0 Å². The minimum absolute atomic E-state index is 0.154. The van der Waals surface area contributed by atoms with Gasteiger partial charge in [0, 0.05) is 20.7 Å². The molecule has 0 aliphatic rings. The van der Waals surface area contributed by atoms with Crippen LogP contribution in [0.15, 0.2) is 57.6 Å². The fourth-order valence-electron chi connectivity index (χ4n) is 3.44. The second-order valence-electron chi connectivity index (χ2n) is 7.96. The van der Waals surface area contributed by atoms with E-state index >= 15 is 4.39 Å². The van der Waals surface area contributed by atoms with E-state index in [1.54, 1.807) is 0 Å². The summed E-state index contributed by atoms with van der Waals surface area (Å²) in [6.45, 7) is 6.35. The number of nitrogens with one attached hydrogen (secondary N) is 1. The zero-order chi connectivity index (χ0) is 30.9. The van der Waals surface area contributed by atoms with E-state index in [9.17, 15) is 44.7 Å². The highest BCUT2D eigenvalue weighted by atomic mass is 79.9. The average Bonchev–Trinajstić information content (AvgIpc) is 2.87. The number of rotatable bonds is 6. The van der Waals surface area contributed by atoms with Crippen molar-refractivity contribution in [1.82, 2.24) is 4.98 Å². The van der Waals surface area contributed by atoms with Crippen LogP contribution in [0.1, 0.15) is 26.3 Å². The van der Waals surface area contributed by atoms with Gasteiger partial charge in [-0.25, -0.2) is 25.2 Å². The first-order valence-corrected chi connectivity index (χ1v) is 12.2. The van der Waals surface area contributed by atoms with Gasteiger partial charge < -0.3 is 5.32 Å². The number of carbonyl (C=O) groups is 2. The Hall–Kier alpha value is -3.65. The van der Waals surface area contributed by atoms with Crippen LogP contribution in [-0.4, -0.2) is 35.8 Å². The Balaban J connectivity index is 2.00. The summed E-state index contributed by atoms with van der Waals surface area (Å²) in [5.41, 5.74) is -9.64. The number of nitrogens with zero attached hydrogens (tertiary/aromatic N) is 3. The van der Waals surface area contributed by atoms with E-state index in [0.717, 1.165) is 36.5 Å². The van der Waals surface area contributed by atoms with Crippen LogP contribution in [0.2, 0.25) is 0 Å². The number of anilines is 2. The van der Waals surface area contributed by atoms with Crippen molar-refractivity contribution < 1.29 is 49.1 Å². The summed E-state index contributed by atoms with van der Waals surface area (Å²) in [6, 6.07) is 5.28. The predicted octanol–water partition coefficient (Wildman–Crippen LogP) is 7.95. The van der Waals surface area contributed by atoms with Gasteiger partial charge in [0.2, 0.25) is 5.95 Å². The van der Waals surface area contributed by atoms with Gasteiger partial charge in [-0.05, 0) is 68.3 Å². The van der Waals surface area contributed by atoms with Crippen molar-refractivity contribution in [3.63, 3.8) is 0 Å². The van der Waals surface area contributed by atoms with Gasteiger partial charge in [-0.2, -0.15) is 30.7 Å². The normalized spacial score (nSPS) is 12.0. The van der Waals surface area contributed by atoms with E-state index in [1.807, 2.05) is 0 Å². The van der Waals surface area contributed by atoms with E-state index in [-0.39, 0.29) is 17.7 Å². The number of amides is 2. The van der Waals surface area contributed by atoms with Crippen molar-refractivity contribution in [2.45, 2.75) is 18.0 Å². The number of pyridine rings is 1. The summed E-state index contributed by atoms with van der Waals surface area (Å²) in [7, 11) is 0. The Morgan fingerprint density at radius 1 is 0.951 bits per heavy atom. The van der Waals surface area contributed by atoms with Crippen molar-refractivity contribution in [2.75, 3.05) is 16.9 Å². The Bertz CT molecular complexity index is 1500. The lowest BCUT2D eigenvalue weighted by atomic mass is 9.94. The number of carbonyl (C=O) groups excluding carboxylic acids is 2. The first-order chi connectivity index (χ1) is 18.9. The minimum Gasteiger partial charge on any atom is -0.320 e. The molecule has 0 saturated heterocycles. The number of hydrogen-bond donors (Lipinski definition) is 1. The van der Waals surface area contributed by atoms with Gasteiger partial charge in [0.05, 0.1) is 22.5 Å². The summed E-state index contributed by atoms with van der Waals surface area (Å²) in [5.74, 6) is -4.51. The third kappa shape index (κ3) is 6.17. The maximum atomic E-state index is 15.5. The zero-order valence-electron chi connectivity index (χ0n) is 19.6. The van der Waals surface area contributed by atoms with Gasteiger partial charge in [0.15, 0.2) is 5.82 Å². The summed E-state index contributed by atoms with van der Waals surface area (Å²) >= 11 is 5.39. The van der Waals surface area contributed by atoms with Crippen LogP contribution in [0.25, 0.3) is 4.85 Å². The molecule has 2 amide bonds. The molecule has 6 nitrogen and oxygen atoms in total. The Kier molecular flexibility index (Phi) is 9.08. The SMILES string of the molecule is [C-]#[N+]CN(C(=O)c1ccc(F)nc1)c1cccc(C(=O)Nc2c(Br)cc(C(F)(C(F)(F)F)C(F)(F)F)cc2Br)c1F. The molecular formula is C24H11Br2F9N4O2. The molecule has 0 fully saturated rings. The summed E-state index contributed by atoms with van der Waals surface area (Å²) in [6.07, 6.45) is -11.9. The maximum Gasteiger partial charge on any atom is 0.435 e. The Labute approximate surface area is 241 Å². The van der Waals surface area contributed by atoms with Gasteiger partial charge in [-0.15, -0.1) is 0 Å². The predicted molar refractivity (Wildman–Crippen MR) is 134 cm³/mol. The number of halogens is 11. The van der Waals surface area contributed by atoms with E-state index in [0.29, 0.717) is 4.90 Å². The van der Waals surface area contributed by atoms with Gasteiger partial charge in [0.25, 0.3) is 18.5 Å². The molecule has 0 aliphatic heterocycles. The Morgan fingerprint density at radius 2 is 1.54 bits per heavy atom. The fraction of sp³-hybridized carbons (Fsp3) is 0.167. The standard InChI is InChI=1S/C24H11Br2F9N4O2/c1-36-10-39(21(41)11-5-6-17(27)37-9-11)16-4-2-3-13(18(16)28)20(40)38-19-14(25)7-12(8-15(19)26)22(29,23(30,31)32)24(33,34)35/h2-9H,10H2,(H,38,40). The molecule has 0 spiro atoms. The quantitative estimate of drug-likeness (QED) is 0.160. The van der Waals surface area contributed by atoms with E-state index in [1.165, 1.54) is 0 Å². The molecule has 0 bridgehead atoms. The van der Waals surface area contributed by atoms with Crippen LogP contribution >= 0.6 is 31.9 Å². The van der Waals surface area contributed by atoms with Crippen LogP contribution < -0.4 is 10.2 Å². The molecule has 1 aromatic heterocycles. The largest absolute Gasteiger partial charge is 0.435 e. The number of hydrogen-bond acceptors (Lipinski definition) is 3. The summed E-state index contributed by atoms with van der Waals surface area (Å²) in [5, 5.41) is 2.08. The van der Waals surface area contributed by atoms with E-state index in [2.05, 4.69) is 47.0 Å². The van der Waals surface area contributed by atoms with Crippen molar-refractivity contribution >= 4 is 55.0 Å². The monoisotopic (exact) mass is 716 g/mol. The zero-order valence-corrected chi connectivity index (χ0v) is 22.8. The average molecular weight is 718 g/mol. The second-order valence-corrected chi connectivity index (χ2v) is 9.67. The molecule has 2 aromatic carbocycles. The third-order valence-electron chi connectivity index (χ3n) is 5.41. The maximum absolute atomic E-state index is 15.5. The molecule has 0 saturated carbocycles. The third-order valence-corrected chi connectivity index (χ3v) is 6.66. The van der Waals surface area contributed by atoms with Gasteiger partial charge in [-0.1, -0.05) is 6.07 Å². The lowest BCUT2D eigenvalue weighted by Gasteiger charge is -2.31. The highest BCUT2D eigenvalue weighted by Gasteiger charge is 2.73. The molecule has 1 N–H and O–H groups in total. The van der Waals surface area contributed by atoms with Crippen LogP contribution in [0.3, 0.4) is 0 Å². The van der Waals surface area contributed by atoms with Crippen LogP contribution in [0.5, 0.6) is 0 Å². The molecule has 17 heteroatoms. The summed E-state index contributed by atoms with van der Waals surface area (Å²) < 4.78 is 121. The van der Waals surface area contributed by atoms with Gasteiger partial charge >= 0.3 is 18.0 Å². The first kappa shape index (κ1) is 31.9. The molecule has 0 radical (unpaired) electrons. The molecule has 0 atom stereocenters. The molecule has 3 aromatic rings. The number of aromatic nitrogens is 1. The number of alkyl halides is 7. The molecule has 41 heavy (non-hydrogen) atoms. The molecule has 1 heterocycles. The lowest BCUT2D eigenvalue weighted by Crippen LogP contribution is -2.50. The minimum atomic E-state index is -6.39. The van der Waals surface area contributed by atoms with Crippen molar-refractivity contribution in [3.8, 4) is 0 Å². The van der Waals surface area contributed by atoms with Crippen LogP contribution in [0, 0.1) is 18.3 Å². The molecule has 3 rings (SSSR count). The fourth-order valence-corrected chi connectivity index (χ4v) is 4.83. The van der Waals surface area contributed by atoms with Crippen molar-refractivity contribution in [2.24, 2.45) is 0 Å².